The van der Waals surface area contributed by atoms with E-state index in [1.807, 2.05) is 82.4 Å². The van der Waals surface area contributed by atoms with Crippen molar-refractivity contribution in [3.63, 3.8) is 0 Å². The van der Waals surface area contributed by atoms with Crippen LogP contribution >= 0.6 is 0 Å². The van der Waals surface area contributed by atoms with E-state index in [9.17, 15) is 0 Å². The van der Waals surface area contributed by atoms with Gasteiger partial charge in [0.05, 0.1) is 5.69 Å². The second kappa shape index (κ2) is 9.48. The molecule has 1 aromatic heterocycles. The van der Waals surface area contributed by atoms with Crippen LogP contribution in [0.4, 0.5) is 5.95 Å². The lowest BCUT2D eigenvalue weighted by molar-refractivity contribution is 1.13. The molecule has 0 aliphatic carbocycles. The van der Waals surface area contributed by atoms with Crippen molar-refractivity contribution < 1.29 is 0 Å². The van der Waals surface area contributed by atoms with E-state index in [1.165, 1.54) is 0 Å². The van der Waals surface area contributed by atoms with Crippen LogP contribution < -0.4 is 5.32 Å². The van der Waals surface area contributed by atoms with Crippen molar-refractivity contribution in [2.45, 2.75) is 27.7 Å². The quantitative estimate of drug-likeness (QED) is 0.753. The first-order valence-electron chi connectivity index (χ1n) is 7.10. The second-order valence-corrected chi connectivity index (χ2v) is 4.28. The highest BCUT2D eigenvalue weighted by Gasteiger charge is 2.02. The topological polar surface area (TPSA) is 37.8 Å². The Labute approximate surface area is 127 Å². The highest BCUT2D eigenvalue weighted by Crippen LogP contribution is 2.15. The van der Waals surface area contributed by atoms with E-state index in [0.717, 1.165) is 17.0 Å². The van der Waals surface area contributed by atoms with Gasteiger partial charge in [-0.2, -0.15) is 0 Å². The van der Waals surface area contributed by atoms with Gasteiger partial charge in [0.2, 0.25) is 5.95 Å². The third-order valence-corrected chi connectivity index (χ3v) is 2.68. The highest BCUT2D eigenvalue weighted by molar-refractivity contribution is 5.71. The van der Waals surface area contributed by atoms with Gasteiger partial charge in [-0.3, -0.25) is 0 Å². The molecule has 0 unspecified atom stereocenters. The van der Waals surface area contributed by atoms with Crippen molar-refractivity contribution >= 4 is 11.5 Å². The summed E-state index contributed by atoms with van der Waals surface area (Å²) in [6, 6.07) is 1.91. The first-order valence-corrected chi connectivity index (χ1v) is 7.10. The van der Waals surface area contributed by atoms with E-state index >= 15 is 0 Å². The molecule has 0 radical (unpaired) electrons. The van der Waals surface area contributed by atoms with Crippen LogP contribution in [0, 0.1) is 0 Å². The van der Waals surface area contributed by atoms with Crippen LogP contribution in [-0.4, -0.2) is 9.97 Å². The van der Waals surface area contributed by atoms with E-state index in [-0.39, 0.29) is 0 Å². The second-order valence-electron chi connectivity index (χ2n) is 4.28. The summed E-state index contributed by atoms with van der Waals surface area (Å²) in [6.45, 7) is 7.96. The number of hydrogen-bond acceptors (Lipinski definition) is 3. The van der Waals surface area contributed by atoms with Gasteiger partial charge in [-0.1, -0.05) is 36.5 Å². The fourth-order valence-corrected chi connectivity index (χ4v) is 1.74. The van der Waals surface area contributed by atoms with Crippen LogP contribution in [-0.2, 0) is 0 Å². The summed E-state index contributed by atoms with van der Waals surface area (Å²) in [5.74, 6) is 0.588. The molecule has 0 spiro atoms. The van der Waals surface area contributed by atoms with Crippen molar-refractivity contribution in [3.05, 3.63) is 72.3 Å². The Morgan fingerprint density at radius 2 is 1.81 bits per heavy atom. The van der Waals surface area contributed by atoms with Crippen LogP contribution in [0.3, 0.4) is 0 Å². The van der Waals surface area contributed by atoms with Crippen molar-refractivity contribution in [2.75, 3.05) is 5.32 Å². The molecule has 0 aliphatic heterocycles. The molecule has 3 heteroatoms. The standard InChI is InChI=1S/C18H23N3/c1-5-9-12-16(11-7-3)20-18-19-14-13-17(21-18)15(8-4)10-6-2/h5-14H,1-4H3,(H,19,20,21)/b9-5-,10-6-,11-7-,15-8+,16-12+. The molecule has 0 aliphatic rings. The van der Waals surface area contributed by atoms with Crippen LogP contribution in [0.2, 0.25) is 0 Å². The Morgan fingerprint density at radius 3 is 2.43 bits per heavy atom. The molecule has 0 aromatic carbocycles. The van der Waals surface area contributed by atoms with Crippen molar-refractivity contribution in [2.24, 2.45) is 0 Å². The van der Waals surface area contributed by atoms with E-state index in [1.54, 1.807) is 6.20 Å². The van der Waals surface area contributed by atoms with Crippen LogP contribution in [0.25, 0.3) is 5.57 Å². The summed E-state index contributed by atoms with van der Waals surface area (Å²) >= 11 is 0. The van der Waals surface area contributed by atoms with E-state index in [2.05, 4.69) is 15.3 Å². The molecular weight excluding hydrogens is 258 g/mol. The van der Waals surface area contributed by atoms with Gasteiger partial charge in [-0.05, 0) is 51.5 Å². The number of hydrogen-bond donors (Lipinski definition) is 1. The average Bonchev–Trinajstić information content (AvgIpc) is 2.50. The average molecular weight is 281 g/mol. The fourth-order valence-electron chi connectivity index (χ4n) is 1.74. The summed E-state index contributed by atoms with van der Waals surface area (Å²) in [4.78, 5) is 8.83. The number of allylic oxidation sites excluding steroid dienone is 9. The van der Waals surface area contributed by atoms with E-state index < -0.39 is 0 Å². The molecule has 21 heavy (non-hydrogen) atoms. The minimum absolute atomic E-state index is 0.588. The SMILES string of the molecule is C\C=C/C=C(\C=C/C)Nc1nccc(C(/C=C\C)=C/C)n1. The van der Waals surface area contributed by atoms with Gasteiger partial charge in [0.15, 0.2) is 0 Å². The Balaban J connectivity index is 3.04. The fraction of sp³-hybridized carbons (Fsp3) is 0.222. The van der Waals surface area contributed by atoms with Gasteiger partial charge in [-0.15, -0.1) is 0 Å². The predicted octanol–water partition coefficient (Wildman–Crippen LogP) is 4.90. The summed E-state index contributed by atoms with van der Waals surface area (Å²) in [5, 5.41) is 3.23. The first-order chi connectivity index (χ1) is 10.2. The predicted molar refractivity (Wildman–Crippen MR) is 91.8 cm³/mol. The van der Waals surface area contributed by atoms with E-state index in [0.29, 0.717) is 5.95 Å². The summed E-state index contributed by atoms with van der Waals surface area (Å²) in [6.07, 6.45) is 17.7. The third-order valence-electron chi connectivity index (χ3n) is 2.68. The lowest BCUT2D eigenvalue weighted by atomic mass is 10.1. The molecule has 0 fully saturated rings. The van der Waals surface area contributed by atoms with Crippen LogP contribution in [0.5, 0.6) is 0 Å². The minimum atomic E-state index is 0.588. The molecular formula is C18H23N3. The molecule has 1 heterocycles. The third kappa shape index (κ3) is 5.61. The number of nitrogens with zero attached hydrogens (tertiary/aromatic N) is 2. The zero-order valence-corrected chi connectivity index (χ0v) is 13.2. The molecule has 0 saturated heterocycles. The van der Waals surface area contributed by atoms with Crippen LogP contribution in [0.1, 0.15) is 33.4 Å². The molecule has 1 N–H and O–H groups in total. The lowest BCUT2D eigenvalue weighted by Crippen LogP contribution is -2.03. The van der Waals surface area contributed by atoms with Crippen molar-refractivity contribution in [3.8, 4) is 0 Å². The zero-order valence-electron chi connectivity index (χ0n) is 13.2. The van der Waals surface area contributed by atoms with Gasteiger partial charge in [-0.25, -0.2) is 9.97 Å². The Morgan fingerprint density at radius 1 is 1.05 bits per heavy atom. The molecule has 0 amide bonds. The maximum atomic E-state index is 4.55. The maximum absolute atomic E-state index is 4.55. The summed E-state index contributed by atoms with van der Waals surface area (Å²) in [7, 11) is 0. The van der Waals surface area contributed by atoms with Gasteiger partial charge in [0, 0.05) is 11.9 Å². The number of anilines is 1. The number of aromatic nitrogens is 2. The van der Waals surface area contributed by atoms with Crippen molar-refractivity contribution in [1.29, 1.82) is 0 Å². The molecule has 110 valence electrons. The molecule has 1 aromatic rings. The molecule has 3 nitrogen and oxygen atoms in total. The van der Waals surface area contributed by atoms with Gasteiger partial charge in [0.1, 0.15) is 0 Å². The summed E-state index contributed by atoms with van der Waals surface area (Å²) in [5.41, 5.74) is 2.92. The molecule has 0 atom stereocenters. The van der Waals surface area contributed by atoms with Crippen LogP contribution in [0.15, 0.2) is 66.6 Å². The molecule has 1 rings (SSSR count). The molecule has 0 bridgehead atoms. The van der Waals surface area contributed by atoms with Gasteiger partial charge >= 0.3 is 0 Å². The molecule has 0 saturated carbocycles. The first kappa shape index (κ1) is 16.6. The maximum Gasteiger partial charge on any atom is 0.227 e. The number of nitrogens with one attached hydrogen (secondary N) is 1. The Kier molecular flexibility index (Phi) is 7.51. The Bertz CT molecular complexity index is 590. The van der Waals surface area contributed by atoms with Crippen molar-refractivity contribution in [1.82, 2.24) is 9.97 Å². The smallest absolute Gasteiger partial charge is 0.227 e. The van der Waals surface area contributed by atoms with Gasteiger partial charge in [0.25, 0.3) is 0 Å². The minimum Gasteiger partial charge on any atom is -0.324 e. The summed E-state index contributed by atoms with van der Waals surface area (Å²) < 4.78 is 0. The Hall–Kier alpha value is -2.42. The lowest BCUT2D eigenvalue weighted by Gasteiger charge is -2.07. The number of rotatable bonds is 6. The highest BCUT2D eigenvalue weighted by atomic mass is 15.1. The monoisotopic (exact) mass is 281 g/mol. The normalized spacial score (nSPS) is 13.7. The zero-order chi connectivity index (χ0) is 15.5. The van der Waals surface area contributed by atoms with E-state index in [4.69, 9.17) is 0 Å². The van der Waals surface area contributed by atoms with Gasteiger partial charge < -0.3 is 5.32 Å². The largest absolute Gasteiger partial charge is 0.324 e.